The number of thioether (sulfide) groups is 1. The Kier molecular flexibility index (Phi) is 6.02. The van der Waals surface area contributed by atoms with Crippen molar-refractivity contribution in [1.29, 1.82) is 0 Å². The summed E-state index contributed by atoms with van der Waals surface area (Å²) in [6, 6.07) is 0.626. The van der Waals surface area contributed by atoms with Gasteiger partial charge >= 0.3 is 0 Å². The van der Waals surface area contributed by atoms with Gasteiger partial charge in [-0.2, -0.15) is 11.8 Å². The molecular weight excluding hydrogens is 268 g/mol. The van der Waals surface area contributed by atoms with E-state index < -0.39 is 0 Å². The van der Waals surface area contributed by atoms with Crippen LogP contribution >= 0.6 is 11.8 Å². The monoisotopic (exact) mass is 298 g/mol. The van der Waals surface area contributed by atoms with Crippen molar-refractivity contribution < 1.29 is 0 Å². The molecule has 20 heavy (non-hydrogen) atoms. The lowest BCUT2D eigenvalue weighted by molar-refractivity contribution is 0.190. The predicted molar refractivity (Wildman–Crippen MR) is 89.7 cm³/mol. The number of nitrogens with zero attached hydrogens (tertiary/aromatic N) is 2. The standard InChI is InChI=1S/C15H30N4S/c1-4-16-14(18-13-7-5-6-8-13)17-11-15(19(2)3)9-10-20-12-15/h13H,4-12H2,1-3H3,(H2,16,17,18). The summed E-state index contributed by atoms with van der Waals surface area (Å²) >= 11 is 2.06. The Bertz CT molecular complexity index is 318. The lowest BCUT2D eigenvalue weighted by atomic mass is 9.98. The molecule has 1 atom stereocenters. The second-order valence-corrected chi connectivity index (χ2v) is 7.35. The molecule has 116 valence electrons. The van der Waals surface area contributed by atoms with Gasteiger partial charge in [0.2, 0.25) is 0 Å². The quantitative estimate of drug-likeness (QED) is 0.601. The molecule has 2 fully saturated rings. The van der Waals surface area contributed by atoms with E-state index in [0.29, 0.717) is 6.04 Å². The van der Waals surface area contributed by atoms with E-state index in [-0.39, 0.29) is 5.54 Å². The molecule has 2 aliphatic rings. The van der Waals surface area contributed by atoms with E-state index in [1.54, 1.807) is 0 Å². The topological polar surface area (TPSA) is 39.7 Å². The highest BCUT2D eigenvalue weighted by Gasteiger charge is 2.36. The van der Waals surface area contributed by atoms with Crippen LogP contribution in [0.4, 0.5) is 0 Å². The maximum absolute atomic E-state index is 4.89. The Labute approximate surface area is 128 Å². The molecule has 2 N–H and O–H groups in total. The Hall–Kier alpha value is -0.420. The lowest BCUT2D eigenvalue weighted by Crippen LogP contribution is -2.49. The minimum absolute atomic E-state index is 0.253. The molecule has 1 saturated carbocycles. The summed E-state index contributed by atoms with van der Waals surface area (Å²) in [6.45, 7) is 3.97. The fourth-order valence-corrected chi connectivity index (χ4v) is 4.57. The second kappa shape index (κ2) is 7.55. The first-order valence-corrected chi connectivity index (χ1v) is 9.12. The number of aliphatic imine (C=N–C) groups is 1. The molecule has 0 radical (unpaired) electrons. The summed E-state index contributed by atoms with van der Waals surface area (Å²) in [5, 5.41) is 7.01. The number of rotatable bonds is 5. The van der Waals surface area contributed by atoms with Gasteiger partial charge in [0.1, 0.15) is 0 Å². The average Bonchev–Trinajstić information content (AvgIpc) is 3.08. The molecule has 0 aromatic heterocycles. The minimum atomic E-state index is 0.253. The minimum Gasteiger partial charge on any atom is -0.357 e. The summed E-state index contributed by atoms with van der Waals surface area (Å²) in [6.07, 6.45) is 6.54. The largest absolute Gasteiger partial charge is 0.357 e. The van der Waals surface area contributed by atoms with Crippen LogP contribution in [0.5, 0.6) is 0 Å². The molecule has 0 aromatic rings. The zero-order valence-electron chi connectivity index (χ0n) is 13.2. The SMILES string of the molecule is CCNC(=NCC1(N(C)C)CCSC1)NC1CCCC1. The molecule has 4 nitrogen and oxygen atoms in total. The third-order valence-corrected chi connectivity index (χ3v) is 5.84. The third-order valence-electron chi connectivity index (χ3n) is 4.60. The number of likely N-dealkylation sites (N-methyl/N-ethyl adjacent to an activating group) is 1. The molecule has 2 rings (SSSR count). The Morgan fingerprint density at radius 2 is 2.10 bits per heavy atom. The normalized spacial score (nSPS) is 28.3. The van der Waals surface area contributed by atoms with Crippen molar-refractivity contribution in [2.75, 3.05) is 38.7 Å². The smallest absolute Gasteiger partial charge is 0.191 e. The molecule has 0 bridgehead atoms. The van der Waals surface area contributed by atoms with Gasteiger partial charge in [-0.1, -0.05) is 12.8 Å². The van der Waals surface area contributed by atoms with Crippen molar-refractivity contribution in [2.45, 2.75) is 50.6 Å². The summed E-state index contributed by atoms with van der Waals surface area (Å²) in [7, 11) is 4.39. The summed E-state index contributed by atoms with van der Waals surface area (Å²) in [5.41, 5.74) is 0.253. The molecule has 1 heterocycles. The molecule has 1 saturated heterocycles. The van der Waals surface area contributed by atoms with Crippen LogP contribution < -0.4 is 10.6 Å². The van der Waals surface area contributed by atoms with Crippen molar-refractivity contribution in [3.63, 3.8) is 0 Å². The first kappa shape index (κ1) is 16.0. The molecule has 1 unspecified atom stereocenters. The van der Waals surface area contributed by atoms with Crippen molar-refractivity contribution >= 4 is 17.7 Å². The zero-order chi connectivity index (χ0) is 14.4. The van der Waals surface area contributed by atoms with Gasteiger partial charge in [-0.3, -0.25) is 4.99 Å². The van der Waals surface area contributed by atoms with E-state index in [1.165, 1.54) is 43.6 Å². The van der Waals surface area contributed by atoms with Gasteiger partial charge in [0, 0.05) is 23.9 Å². The Balaban J connectivity index is 1.96. The fourth-order valence-electron chi connectivity index (χ4n) is 3.03. The first-order chi connectivity index (χ1) is 9.66. The predicted octanol–water partition coefficient (Wildman–Crippen LogP) is 1.92. The van der Waals surface area contributed by atoms with Crippen LogP contribution in [0.2, 0.25) is 0 Å². The maximum atomic E-state index is 4.89. The highest BCUT2D eigenvalue weighted by molar-refractivity contribution is 7.99. The van der Waals surface area contributed by atoms with Crippen LogP contribution in [-0.4, -0.2) is 61.1 Å². The molecular formula is C15H30N4S. The van der Waals surface area contributed by atoms with Crippen molar-refractivity contribution in [2.24, 2.45) is 4.99 Å². The van der Waals surface area contributed by atoms with Crippen LogP contribution in [-0.2, 0) is 0 Å². The van der Waals surface area contributed by atoms with Gasteiger partial charge in [-0.25, -0.2) is 0 Å². The molecule has 0 amide bonds. The molecule has 0 aromatic carbocycles. The van der Waals surface area contributed by atoms with Crippen molar-refractivity contribution in [3.8, 4) is 0 Å². The Morgan fingerprint density at radius 3 is 2.65 bits per heavy atom. The van der Waals surface area contributed by atoms with Crippen molar-refractivity contribution in [1.82, 2.24) is 15.5 Å². The highest BCUT2D eigenvalue weighted by Crippen LogP contribution is 2.32. The van der Waals surface area contributed by atoms with Gasteiger partial charge < -0.3 is 15.5 Å². The van der Waals surface area contributed by atoms with Gasteiger partial charge in [0.25, 0.3) is 0 Å². The zero-order valence-corrected chi connectivity index (χ0v) is 14.1. The molecule has 1 aliphatic heterocycles. The summed E-state index contributed by atoms with van der Waals surface area (Å²) in [4.78, 5) is 7.26. The van der Waals surface area contributed by atoms with Crippen LogP contribution in [0, 0.1) is 0 Å². The van der Waals surface area contributed by atoms with E-state index in [1.807, 2.05) is 0 Å². The Morgan fingerprint density at radius 1 is 1.35 bits per heavy atom. The number of hydrogen-bond donors (Lipinski definition) is 2. The van der Waals surface area contributed by atoms with Crippen LogP contribution in [0.25, 0.3) is 0 Å². The average molecular weight is 299 g/mol. The molecule has 0 spiro atoms. The van der Waals surface area contributed by atoms with Crippen LogP contribution in [0.3, 0.4) is 0 Å². The van der Waals surface area contributed by atoms with Crippen molar-refractivity contribution in [3.05, 3.63) is 0 Å². The van der Waals surface area contributed by atoms with Gasteiger partial charge in [0.15, 0.2) is 5.96 Å². The van der Waals surface area contributed by atoms with Crippen LogP contribution in [0.1, 0.15) is 39.0 Å². The first-order valence-electron chi connectivity index (χ1n) is 7.96. The molecule has 5 heteroatoms. The van der Waals surface area contributed by atoms with E-state index in [0.717, 1.165) is 19.0 Å². The van der Waals surface area contributed by atoms with Gasteiger partial charge in [0.05, 0.1) is 6.54 Å². The number of hydrogen-bond acceptors (Lipinski definition) is 3. The summed E-state index contributed by atoms with van der Waals surface area (Å²) < 4.78 is 0. The van der Waals surface area contributed by atoms with E-state index in [9.17, 15) is 0 Å². The van der Waals surface area contributed by atoms with Crippen LogP contribution in [0.15, 0.2) is 4.99 Å². The third kappa shape index (κ3) is 4.04. The highest BCUT2D eigenvalue weighted by atomic mass is 32.2. The van der Waals surface area contributed by atoms with E-state index in [4.69, 9.17) is 4.99 Å². The maximum Gasteiger partial charge on any atom is 0.191 e. The van der Waals surface area contributed by atoms with Gasteiger partial charge in [-0.15, -0.1) is 0 Å². The fraction of sp³-hybridized carbons (Fsp3) is 0.933. The lowest BCUT2D eigenvalue weighted by Gasteiger charge is -2.34. The summed E-state index contributed by atoms with van der Waals surface area (Å²) in [5.74, 6) is 3.48. The second-order valence-electron chi connectivity index (χ2n) is 6.24. The molecule has 1 aliphatic carbocycles. The van der Waals surface area contributed by atoms with E-state index >= 15 is 0 Å². The number of nitrogens with one attached hydrogen (secondary N) is 2. The van der Waals surface area contributed by atoms with Gasteiger partial charge in [-0.05, 0) is 46.0 Å². The van der Waals surface area contributed by atoms with E-state index in [2.05, 4.69) is 48.3 Å². The number of guanidine groups is 1.